The number of nitrogens with zero attached hydrogens (tertiary/aromatic N) is 12. The average Bonchev–Trinajstić information content (AvgIpc) is 0.807. The highest BCUT2D eigenvalue weighted by molar-refractivity contribution is 5.95. The van der Waals surface area contributed by atoms with Gasteiger partial charge in [0.2, 0.25) is 0 Å². The van der Waals surface area contributed by atoms with Crippen molar-refractivity contribution in [2.75, 3.05) is 0 Å². The molecule has 0 atom stereocenters. The molecule has 0 aliphatic heterocycles. The molecule has 0 N–H and O–H groups in total. The lowest BCUT2D eigenvalue weighted by Gasteiger charge is -2.10. The third kappa shape index (κ3) is 14.7. The van der Waals surface area contributed by atoms with E-state index >= 15 is 0 Å². The predicted molar refractivity (Wildman–Crippen MR) is 407 cm³/mol. The zero-order valence-electron chi connectivity index (χ0n) is 55.6. The van der Waals surface area contributed by atoms with Crippen LogP contribution in [0.1, 0.15) is 17.1 Å². The van der Waals surface area contributed by atoms with E-state index in [0.29, 0.717) is 52.4 Å². The van der Waals surface area contributed by atoms with E-state index < -0.39 is 0 Å². The third-order valence-corrected chi connectivity index (χ3v) is 17.2. The maximum Gasteiger partial charge on any atom is 0.164 e. The Hall–Kier alpha value is -13.6. The third-order valence-electron chi connectivity index (χ3n) is 17.2. The van der Waals surface area contributed by atoms with Gasteiger partial charge in [-0.3, -0.25) is 15.0 Å². The molecule has 101 heavy (non-hydrogen) atoms. The molecule has 6 heterocycles. The standard InChI is InChI=1S/2C31H22N4.C27H20N4/c1-21-20-27(26-14-8-9-15-28(26)32-21)22-16-18-25(19-17-22)31-34-29(23-10-4-2-5-11-23)33-30(35-31)24-12-6-3-7-13-24;1-21-28-17-16-26(20-27(28)18-19-32-21)22-12-14-25(15-13-22)31-34-29(23-8-4-2-5-9-23)33-30(35-31)24-10-6-3-7-11-24;1-19-17-23(15-16-28-19)22-13-8-14-24(18-22)27-30-25(20-9-4-2-5-10-20)29-26(31-27)21-11-6-3-7-12-21/h2*2-20H,1H3;2-18H,1H3. The van der Waals surface area contributed by atoms with Crippen LogP contribution >= 0.6 is 0 Å². The molecule has 0 spiro atoms. The van der Waals surface area contributed by atoms with Crippen molar-refractivity contribution in [1.82, 2.24) is 59.8 Å². The maximum absolute atomic E-state index is 4.83. The number of pyridine rings is 3. The summed E-state index contributed by atoms with van der Waals surface area (Å²) in [5.74, 6) is 5.94. The van der Waals surface area contributed by atoms with E-state index in [-0.39, 0.29) is 0 Å². The number of hydrogen-bond donors (Lipinski definition) is 0. The molecule has 12 heteroatoms. The van der Waals surface area contributed by atoms with Crippen molar-refractivity contribution in [2.24, 2.45) is 0 Å². The molecule has 0 unspecified atom stereocenters. The highest BCUT2D eigenvalue weighted by atomic mass is 15.1. The Labute approximate surface area is 585 Å². The second-order valence-corrected chi connectivity index (χ2v) is 24.2. The van der Waals surface area contributed by atoms with Crippen LogP contribution in [0, 0.1) is 20.8 Å². The van der Waals surface area contributed by atoms with Gasteiger partial charge in [0.15, 0.2) is 52.4 Å². The number of benzene rings is 11. The van der Waals surface area contributed by atoms with Crippen molar-refractivity contribution < 1.29 is 0 Å². The number of rotatable bonds is 12. The van der Waals surface area contributed by atoms with E-state index in [2.05, 4.69) is 130 Å². The van der Waals surface area contributed by atoms with Crippen LogP contribution in [0.5, 0.6) is 0 Å². The summed E-state index contributed by atoms with van der Waals surface area (Å²) in [5.41, 5.74) is 19.5. The van der Waals surface area contributed by atoms with Gasteiger partial charge in [-0.05, 0) is 102 Å². The van der Waals surface area contributed by atoms with Crippen LogP contribution in [0.4, 0.5) is 0 Å². The Morgan fingerprint density at radius 1 is 0.188 bits per heavy atom. The first kappa shape index (κ1) is 63.5. The lowest BCUT2D eigenvalue weighted by molar-refractivity contribution is 1.07. The molecule has 17 rings (SSSR count). The molecule has 6 aromatic heterocycles. The molecule has 0 fully saturated rings. The smallest absolute Gasteiger partial charge is 0.164 e. The van der Waals surface area contributed by atoms with Gasteiger partial charge < -0.3 is 0 Å². The van der Waals surface area contributed by atoms with Crippen LogP contribution < -0.4 is 0 Å². The molecule has 0 aliphatic rings. The summed E-state index contributed by atoms with van der Waals surface area (Å²) in [6.45, 7) is 6.07. The zero-order chi connectivity index (χ0) is 68.3. The van der Waals surface area contributed by atoms with Crippen molar-refractivity contribution in [2.45, 2.75) is 20.8 Å². The fourth-order valence-electron chi connectivity index (χ4n) is 12.0. The van der Waals surface area contributed by atoms with Crippen LogP contribution in [-0.4, -0.2) is 59.8 Å². The first-order valence-corrected chi connectivity index (χ1v) is 33.3. The Kier molecular flexibility index (Phi) is 18.5. The van der Waals surface area contributed by atoms with Gasteiger partial charge >= 0.3 is 0 Å². The van der Waals surface area contributed by atoms with Crippen molar-refractivity contribution in [1.29, 1.82) is 0 Å². The molecule has 0 saturated carbocycles. The van der Waals surface area contributed by atoms with Gasteiger partial charge in [0.05, 0.1) is 5.52 Å². The first-order chi connectivity index (χ1) is 49.7. The SMILES string of the molecule is Cc1cc(-c2ccc(-c3nc(-c4ccccc4)nc(-c4ccccc4)n3)cc2)c2ccccc2n1.Cc1cc(-c2cccc(-c3nc(-c4ccccc4)nc(-c4ccccc4)n3)c2)ccn1.Cc1nccc2cc(-c3ccc(-c4nc(-c5ccccc5)nc(-c5ccccc5)n4)cc3)ccc12. The summed E-state index contributed by atoms with van der Waals surface area (Å²) < 4.78 is 0. The summed E-state index contributed by atoms with van der Waals surface area (Å²) in [6, 6.07) is 108. The summed E-state index contributed by atoms with van der Waals surface area (Å²) in [7, 11) is 0. The molecule has 0 amide bonds. The molecule has 0 bridgehead atoms. The Morgan fingerprint density at radius 2 is 0.515 bits per heavy atom. The lowest BCUT2D eigenvalue weighted by atomic mass is 9.99. The molecule has 0 radical (unpaired) electrons. The Balaban J connectivity index is 0.000000123. The highest BCUT2D eigenvalue weighted by Gasteiger charge is 2.17. The van der Waals surface area contributed by atoms with E-state index in [1.165, 1.54) is 21.9 Å². The molecular formula is C89H64N12. The van der Waals surface area contributed by atoms with Crippen LogP contribution in [0.25, 0.3) is 158 Å². The van der Waals surface area contributed by atoms with Crippen LogP contribution in [-0.2, 0) is 0 Å². The molecular weight excluding hydrogens is 1240 g/mol. The molecule has 17 aromatic rings. The molecule has 480 valence electrons. The summed E-state index contributed by atoms with van der Waals surface area (Å²) in [6.07, 6.45) is 3.70. The number of aromatic nitrogens is 12. The van der Waals surface area contributed by atoms with Gasteiger partial charge in [0.1, 0.15) is 0 Å². The number of hydrogen-bond acceptors (Lipinski definition) is 12. The molecule has 0 saturated heterocycles. The maximum atomic E-state index is 4.83. The number of aryl methyl sites for hydroxylation is 3. The zero-order valence-corrected chi connectivity index (χ0v) is 55.6. The van der Waals surface area contributed by atoms with Crippen LogP contribution in [0.3, 0.4) is 0 Å². The van der Waals surface area contributed by atoms with E-state index in [1.54, 1.807) is 0 Å². The number of para-hydroxylation sites is 1. The van der Waals surface area contributed by atoms with Gasteiger partial charge in [-0.1, -0.05) is 279 Å². The Morgan fingerprint density at radius 3 is 0.950 bits per heavy atom. The second kappa shape index (κ2) is 29.4. The predicted octanol–water partition coefficient (Wildman–Crippen LogP) is 21.0. The second-order valence-electron chi connectivity index (χ2n) is 24.2. The van der Waals surface area contributed by atoms with E-state index in [9.17, 15) is 0 Å². The van der Waals surface area contributed by atoms with E-state index in [4.69, 9.17) is 44.9 Å². The molecule has 0 aliphatic carbocycles. The fraction of sp³-hybridized carbons (Fsp3) is 0.0337. The minimum absolute atomic E-state index is 0.653. The monoisotopic (exact) mass is 1300 g/mol. The van der Waals surface area contributed by atoms with Crippen LogP contribution in [0.2, 0.25) is 0 Å². The van der Waals surface area contributed by atoms with Gasteiger partial charge in [0.25, 0.3) is 0 Å². The van der Waals surface area contributed by atoms with Crippen molar-refractivity contribution >= 4 is 21.7 Å². The number of fused-ring (bicyclic) bond motifs is 2. The topological polar surface area (TPSA) is 155 Å². The minimum atomic E-state index is 0.653. The van der Waals surface area contributed by atoms with E-state index in [1.807, 2.05) is 239 Å². The van der Waals surface area contributed by atoms with Gasteiger partial charge in [0, 0.05) is 90.3 Å². The summed E-state index contributed by atoms with van der Waals surface area (Å²) in [5, 5.41) is 3.51. The first-order valence-electron chi connectivity index (χ1n) is 33.3. The van der Waals surface area contributed by atoms with Crippen molar-refractivity contribution in [3.8, 4) is 136 Å². The minimum Gasteiger partial charge on any atom is -0.262 e. The largest absolute Gasteiger partial charge is 0.262 e. The average molecular weight is 1300 g/mol. The van der Waals surface area contributed by atoms with Crippen molar-refractivity contribution in [3.63, 3.8) is 0 Å². The van der Waals surface area contributed by atoms with Crippen LogP contribution in [0.15, 0.2) is 334 Å². The van der Waals surface area contributed by atoms with Crippen molar-refractivity contribution in [3.05, 3.63) is 351 Å². The van der Waals surface area contributed by atoms with Gasteiger partial charge in [-0.25, -0.2) is 44.9 Å². The summed E-state index contributed by atoms with van der Waals surface area (Å²) in [4.78, 5) is 56.6. The quantitative estimate of drug-likeness (QED) is 0.114. The van der Waals surface area contributed by atoms with Gasteiger partial charge in [-0.2, -0.15) is 0 Å². The molecule has 12 nitrogen and oxygen atoms in total. The normalized spacial score (nSPS) is 10.9. The van der Waals surface area contributed by atoms with E-state index in [0.717, 1.165) is 100 Å². The fourth-order valence-corrected chi connectivity index (χ4v) is 12.0. The molecule has 11 aromatic carbocycles. The lowest BCUT2D eigenvalue weighted by Crippen LogP contribution is -2.00. The summed E-state index contributed by atoms with van der Waals surface area (Å²) >= 11 is 0. The highest BCUT2D eigenvalue weighted by Crippen LogP contribution is 2.34. The van der Waals surface area contributed by atoms with Gasteiger partial charge in [-0.15, -0.1) is 0 Å². The Bertz CT molecular complexity index is 5540.